The monoisotopic (exact) mass is 650 g/mol. The lowest BCUT2D eigenvalue weighted by Gasteiger charge is -2.14. The summed E-state index contributed by atoms with van der Waals surface area (Å²) in [6, 6.07) is 64.0. The van der Waals surface area contributed by atoms with Crippen LogP contribution in [0.4, 0.5) is 0 Å². The van der Waals surface area contributed by atoms with E-state index in [1.165, 1.54) is 10.8 Å². The van der Waals surface area contributed by atoms with Crippen LogP contribution in [0.3, 0.4) is 0 Å². The molecule has 0 aliphatic carbocycles. The van der Waals surface area contributed by atoms with Gasteiger partial charge in [-0.15, -0.1) is 0 Å². The predicted molar refractivity (Wildman–Crippen MR) is 212 cm³/mol. The highest BCUT2D eigenvalue weighted by Crippen LogP contribution is 2.38. The van der Waals surface area contributed by atoms with Crippen LogP contribution in [0.1, 0.15) is 0 Å². The zero-order chi connectivity index (χ0) is 33.7. The van der Waals surface area contributed by atoms with Crippen LogP contribution in [0.25, 0.3) is 99.6 Å². The van der Waals surface area contributed by atoms with Gasteiger partial charge in [0.05, 0.1) is 11.4 Å². The van der Waals surface area contributed by atoms with Gasteiger partial charge in [0.2, 0.25) is 0 Å². The van der Waals surface area contributed by atoms with Gasteiger partial charge < -0.3 is 4.42 Å². The van der Waals surface area contributed by atoms with Crippen LogP contribution in [0.5, 0.6) is 0 Å². The molecule has 0 atom stereocenters. The van der Waals surface area contributed by atoms with Crippen molar-refractivity contribution in [2.45, 2.75) is 0 Å². The van der Waals surface area contributed by atoms with Crippen LogP contribution in [0.2, 0.25) is 0 Å². The van der Waals surface area contributed by atoms with E-state index in [9.17, 15) is 0 Å². The zero-order valence-electron chi connectivity index (χ0n) is 27.6. The standard InChI is InChI=1S/C48H30N2O/c1-2-13-33(14-3-1)44-30-45(50-48(49-44)43-19-10-16-32-12-6-7-17-40(32)43)39-27-37(35-22-21-31-11-4-5-15-34(31)25-35)26-38(28-39)36-23-24-42-41-18-8-9-20-46(41)51-47(42)29-36/h1-30H. The highest BCUT2D eigenvalue weighted by atomic mass is 16.3. The Hall–Kier alpha value is -6.84. The number of nitrogens with zero attached hydrogens (tertiary/aromatic N) is 2. The third-order valence-corrected chi connectivity index (χ3v) is 9.85. The van der Waals surface area contributed by atoms with E-state index in [1.54, 1.807) is 0 Å². The van der Waals surface area contributed by atoms with Crippen LogP contribution in [0.15, 0.2) is 186 Å². The molecule has 0 unspecified atom stereocenters. The average Bonchev–Trinajstić information content (AvgIpc) is 3.58. The van der Waals surface area contributed by atoms with Gasteiger partial charge in [-0.25, -0.2) is 9.97 Å². The molecule has 238 valence electrons. The number of aromatic nitrogens is 2. The summed E-state index contributed by atoms with van der Waals surface area (Å²) >= 11 is 0. The number of furan rings is 1. The van der Waals surface area contributed by atoms with Gasteiger partial charge in [-0.1, -0.05) is 133 Å². The van der Waals surface area contributed by atoms with Crippen molar-refractivity contribution in [1.82, 2.24) is 9.97 Å². The summed E-state index contributed by atoms with van der Waals surface area (Å²) in [7, 11) is 0. The molecular weight excluding hydrogens is 621 g/mol. The fourth-order valence-corrected chi connectivity index (χ4v) is 7.28. The minimum Gasteiger partial charge on any atom is -0.456 e. The quantitative estimate of drug-likeness (QED) is 0.186. The molecule has 0 bridgehead atoms. The molecule has 0 saturated heterocycles. The maximum atomic E-state index is 6.34. The van der Waals surface area contributed by atoms with Crippen molar-refractivity contribution in [2.75, 3.05) is 0 Å². The number of fused-ring (bicyclic) bond motifs is 5. The summed E-state index contributed by atoms with van der Waals surface area (Å²) in [6.07, 6.45) is 0. The maximum absolute atomic E-state index is 6.34. The van der Waals surface area contributed by atoms with Gasteiger partial charge in [0, 0.05) is 27.5 Å². The molecule has 0 spiro atoms. The lowest BCUT2D eigenvalue weighted by Crippen LogP contribution is -1.97. The Morgan fingerprint density at radius 1 is 0.314 bits per heavy atom. The van der Waals surface area contributed by atoms with Crippen LogP contribution in [-0.2, 0) is 0 Å². The largest absolute Gasteiger partial charge is 0.456 e. The number of rotatable bonds is 5. The van der Waals surface area contributed by atoms with E-state index < -0.39 is 0 Å². The molecule has 51 heavy (non-hydrogen) atoms. The number of hydrogen-bond acceptors (Lipinski definition) is 3. The van der Waals surface area contributed by atoms with E-state index in [0.29, 0.717) is 5.82 Å². The van der Waals surface area contributed by atoms with E-state index in [0.717, 1.165) is 83.0 Å². The normalized spacial score (nSPS) is 11.5. The smallest absolute Gasteiger partial charge is 0.161 e. The molecule has 0 aliphatic heterocycles. The summed E-state index contributed by atoms with van der Waals surface area (Å²) in [4.78, 5) is 10.5. The summed E-state index contributed by atoms with van der Waals surface area (Å²) in [5.41, 5.74) is 11.0. The third-order valence-electron chi connectivity index (χ3n) is 9.85. The topological polar surface area (TPSA) is 38.9 Å². The fourth-order valence-electron chi connectivity index (χ4n) is 7.28. The van der Waals surface area contributed by atoms with Crippen LogP contribution in [0, 0.1) is 0 Å². The van der Waals surface area contributed by atoms with Crippen molar-refractivity contribution in [3.63, 3.8) is 0 Å². The molecule has 8 aromatic carbocycles. The van der Waals surface area contributed by atoms with Gasteiger partial charge in [-0.2, -0.15) is 0 Å². The average molecular weight is 651 g/mol. The lowest BCUT2D eigenvalue weighted by molar-refractivity contribution is 0.669. The van der Waals surface area contributed by atoms with Gasteiger partial charge >= 0.3 is 0 Å². The minimum atomic E-state index is 0.699. The fraction of sp³-hybridized carbons (Fsp3) is 0. The van der Waals surface area contributed by atoms with Gasteiger partial charge in [0.1, 0.15) is 11.2 Å². The third kappa shape index (κ3) is 5.24. The van der Waals surface area contributed by atoms with Crippen molar-refractivity contribution >= 4 is 43.5 Å². The maximum Gasteiger partial charge on any atom is 0.161 e. The second-order valence-corrected chi connectivity index (χ2v) is 13.0. The molecule has 0 aliphatic rings. The van der Waals surface area contributed by atoms with Crippen molar-refractivity contribution in [1.29, 1.82) is 0 Å². The highest BCUT2D eigenvalue weighted by Gasteiger charge is 2.16. The van der Waals surface area contributed by atoms with E-state index in [2.05, 4.69) is 164 Å². The molecular formula is C48H30N2O. The molecule has 2 heterocycles. The summed E-state index contributed by atoms with van der Waals surface area (Å²) < 4.78 is 6.34. The first-order valence-electron chi connectivity index (χ1n) is 17.2. The van der Waals surface area contributed by atoms with Crippen molar-refractivity contribution < 1.29 is 4.42 Å². The summed E-state index contributed by atoms with van der Waals surface area (Å²) in [6.45, 7) is 0. The minimum absolute atomic E-state index is 0.699. The number of benzene rings is 8. The molecule has 3 nitrogen and oxygen atoms in total. The lowest BCUT2D eigenvalue weighted by atomic mass is 9.93. The Balaban J connectivity index is 1.21. The number of para-hydroxylation sites is 1. The first-order valence-corrected chi connectivity index (χ1v) is 17.2. The van der Waals surface area contributed by atoms with Gasteiger partial charge in [-0.3, -0.25) is 0 Å². The second kappa shape index (κ2) is 11.9. The molecule has 0 fully saturated rings. The van der Waals surface area contributed by atoms with E-state index in [1.807, 2.05) is 18.2 Å². The number of hydrogen-bond donors (Lipinski definition) is 0. The molecule has 10 rings (SSSR count). The van der Waals surface area contributed by atoms with E-state index >= 15 is 0 Å². The van der Waals surface area contributed by atoms with Crippen LogP contribution in [-0.4, -0.2) is 9.97 Å². The molecule has 3 heteroatoms. The molecule has 2 aromatic heterocycles. The Labute approximate surface area is 295 Å². The molecule has 0 saturated carbocycles. The Morgan fingerprint density at radius 3 is 1.76 bits per heavy atom. The molecule has 0 amide bonds. The Morgan fingerprint density at radius 2 is 0.922 bits per heavy atom. The molecule has 0 radical (unpaired) electrons. The summed E-state index contributed by atoms with van der Waals surface area (Å²) in [5.74, 6) is 0.699. The van der Waals surface area contributed by atoms with Gasteiger partial charge in [0.25, 0.3) is 0 Å². The summed E-state index contributed by atoms with van der Waals surface area (Å²) in [5, 5.41) is 6.95. The SMILES string of the molecule is c1ccc(-c2cc(-c3cc(-c4ccc5ccccc5c4)cc(-c4ccc5c(c4)oc4ccccc45)c3)nc(-c3cccc4ccccc34)n2)cc1. The van der Waals surface area contributed by atoms with E-state index in [-0.39, 0.29) is 0 Å². The molecule has 0 N–H and O–H groups in total. The van der Waals surface area contributed by atoms with Crippen LogP contribution < -0.4 is 0 Å². The highest BCUT2D eigenvalue weighted by molar-refractivity contribution is 6.06. The predicted octanol–water partition coefficient (Wildman–Crippen LogP) is 13.0. The van der Waals surface area contributed by atoms with Crippen molar-refractivity contribution in [2.24, 2.45) is 0 Å². The van der Waals surface area contributed by atoms with Crippen molar-refractivity contribution in [3.8, 4) is 56.2 Å². The van der Waals surface area contributed by atoms with Crippen molar-refractivity contribution in [3.05, 3.63) is 182 Å². The Bertz CT molecular complexity index is 2920. The van der Waals surface area contributed by atoms with Gasteiger partial charge in [0.15, 0.2) is 5.82 Å². The first kappa shape index (κ1) is 29.1. The molecule has 10 aromatic rings. The van der Waals surface area contributed by atoms with E-state index in [4.69, 9.17) is 14.4 Å². The Kier molecular flexibility index (Phi) is 6.81. The van der Waals surface area contributed by atoms with Crippen LogP contribution >= 0.6 is 0 Å². The first-order chi connectivity index (χ1) is 25.2. The second-order valence-electron chi connectivity index (χ2n) is 13.0. The zero-order valence-corrected chi connectivity index (χ0v) is 27.6. The van der Waals surface area contributed by atoms with Gasteiger partial charge in [-0.05, 0) is 92.3 Å².